The van der Waals surface area contributed by atoms with Crippen LogP contribution in [-0.2, 0) is 9.53 Å². The van der Waals surface area contributed by atoms with E-state index >= 15 is 0 Å². The molecule has 0 aliphatic heterocycles. The fourth-order valence-electron chi connectivity index (χ4n) is 1.75. The molecule has 0 N–H and O–H groups in total. The Kier molecular flexibility index (Phi) is 5.82. The number of hydrogen-bond acceptors (Lipinski definition) is 5. The fourth-order valence-corrected chi connectivity index (χ4v) is 2.64. The Morgan fingerprint density at radius 3 is 2.68 bits per heavy atom. The van der Waals surface area contributed by atoms with Crippen molar-refractivity contribution in [3.05, 3.63) is 47.0 Å². The monoisotopic (exact) mass is 332 g/mol. The molecule has 0 spiro atoms. The number of nitrogens with zero attached hydrogens (tertiary/aromatic N) is 2. The molecular weight excluding hydrogens is 320 g/mol. The average molecular weight is 333 g/mol. The number of carbonyl (C=O) groups is 1. The molecule has 1 aromatic carbocycles. The zero-order chi connectivity index (χ0) is 15.9. The van der Waals surface area contributed by atoms with Gasteiger partial charge < -0.3 is 4.74 Å². The third-order valence-corrected chi connectivity index (χ3v) is 3.97. The molecule has 112 valence electrons. The van der Waals surface area contributed by atoms with Crippen LogP contribution in [0.4, 0.5) is 0 Å². The van der Waals surface area contributed by atoms with E-state index in [1.165, 1.54) is 11.8 Å². The lowest BCUT2D eigenvalue weighted by atomic mass is 10.1. The molecule has 2 aromatic rings. The number of rotatable bonds is 5. The minimum absolute atomic E-state index is 0.125. The number of thioether (sulfide) groups is 1. The third kappa shape index (κ3) is 4.23. The largest absolute Gasteiger partial charge is 0.465 e. The van der Waals surface area contributed by atoms with E-state index in [4.69, 9.17) is 21.6 Å². The van der Waals surface area contributed by atoms with Crippen LogP contribution >= 0.6 is 23.4 Å². The van der Waals surface area contributed by atoms with Crippen molar-refractivity contribution in [3.8, 4) is 17.3 Å². The summed E-state index contributed by atoms with van der Waals surface area (Å²) in [5.74, 6) is -0.199. The number of esters is 1. The van der Waals surface area contributed by atoms with Crippen molar-refractivity contribution < 1.29 is 9.53 Å². The molecule has 0 fully saturated rings. The number of carbonyl (C=O) groups excluding carboxylic acids is 1. The van der Waals surface area contributed by atoms with Crippen LogP contribution in [0.3, 0.4) is 0 Å². The van der Waals surface area contributed by atoms with Gasteiger partial charge in [-0.1, -0.05) is 35.5 Å². The molecule has 0 amide bonds. The molecule has 0 aliphatic carbocycles. The molecule has 0 saturated heterocycles. The first kappa shape index (κ1) is 16.3. The molecule has 1 heterocycles. The lowest BCUT2D eigenvalue weighted by Crippen LogP contribution is -2.07. The number of ether oxygens (including phenoxy) is 1. The maximum absolute atomic E-state index is 11.4. The molecule has 0 unspecified atom stereocenters. The van der Waals surface area contributed by atoms with Crippen molar-refractivity contribution in [1.82, 2.24) is 4.98 Å². The highest BCUT2D eigenvalue weighted by Crippen LogP contribution is 2.26. The minimum Gasteiger partial charge on any atom is -0.465 e. The Balaban J connectivity index is 2.24. The van der Waals surface area contributed by atoms with Crippen LogP contribution < -0.4 is 0 Å². The van der Waals surface area contributed by atoms with Gasteiger partial charge in [-0.2, -0.15) is 5.26 Å². The molecule has 6 heteroatoms. The summed E-state index contributed by atoms with van der Waals surface area (Å²) in [6.07, 6.45) is 0. The van der Waals surface area contributed by atoms with Gasteiger partial charge in [-0.3, -0.25) is 4.79 Å². The molecule has 0 atom stereocenters. The summed E-state index contributed by atoms with van der Waals surface area (Å²) >= 11 is 7.07. The lowest BCUT2D eigenvalue weighted by Gasteiger charge is -2.07. The van der Waals surface area contributed by atoms with Gasteiger partial charge in [-0.15, -0.1) is 0 Å². The Labute approximate surface area is 138 Å². The third-order valence-electron chi connectivity index (χ3n) is 2.75. The first-order valence-electron chi connectivity index (χ1n) is 6.59. The van der Waals surface area contributed by atoms with Gasteiger partial charge >= 0.3 is 5.97 Å². The summed E-state index contributed by atoms with van der Waals surface area (Å²) in [5.41, 5.74) is 2.06. The maximum Gasteiger partial charge on any atom is 0.316 e. The summed E-state index contributed by atoms with van der Waals surface area (Å²) in [7, 11) is 0. The summed E-state index contributed by atoms with van der Waals surface area (Å²) in [4.78, 5) is 15.9. The van der Waals surface area contributed by atoms with Crippen molar-refractivity contribution in [2.45, 2.75) is 11.9 Å². The van der Waals surface area contributed by atoms with Crippen molar-refractivity contribution in [2.75, 3.05) is 12.4 Å². The molecule has 2 rings (SSSR count). The predicted molar refractivity (Wildman–Crippen MR) is 86.8 cm³/mol. The van der Waals surface area contributed by atoms with Gasteiger partial charge in [0.25, 0.3) is 0 Å². The molecule has 0 radical (unpaired) electrons. The second kappa shape index (κ2) is 7.83. The highest BCUT2D eigenvalue weighted by molar-refractivity contribution is 7.99. The number of benzene rings is 1. The van der Waals surface area contributed by atoms with Crippen molar-refractivity contribution >= 4 is 29.3 Å². The molecule has 1 aromatic heterocycles. The van der Waals surface area contributed by atoms with Gasteiger partial charge in [-0.25, -0.2) is 4.98 Å². The highest BCUT2D eigenvalue weighted by Gasteiger charge is 2.11. The Bertz CT molecular complexity index is 711. The first-order chi connectivity index (χ1) is 10.6. The van der Waals surface area contributed by atoms with E-state index < -0.39 is 0 Å². The molecular formula is C16H13ClN2O2S. The number of pyridine rings is 1. The SMILES string of the molecule is CCOC(=O)CSc1nc(-c2ccc(Cl)cc2)ccc1C#N. The number of nitriles is 1. The zero-order valence-electron chi connectivity index (χ0n) is 11.9. The van der Waals surface area contributed by atoms with Crippen LogP contribution in [0.2, 0.25) is 5.02 Å². The minimum atomic E-state index is -0.324. The topological polar surface area (TPSA) is 63.0 Å². The van der Waals surface area contributed by atoms with Crippen molar-refractivity contribution in [2.24, 2.45) is 0 Å². The lowest BCUT2D eigenvalue weighted by molar-refractivity contribution is -0.139. The van der Waals surface area contributed by atoms with Gasteiger partial charge in [0, 0.05) is 10.6 Å². The highest BCUT2D eigenvalue weighted by atomic mass is 35.5. The molecule has 4 nitrogen and oxygen atoms in total. The smallest absolute Gasteiger partial charge is 0.316 e. The quantitative estimate of drug-likeness (QED) is 0.613. The standard InChI is InChI=1S/C16H13ClN2O2S/c1-2-21-15(20)10-22-16-12(9-18)5-8-14(19-16)11-3-6-13(17)7-4-11/h3-8H,2,10H2,1H3. The molecule has 0 aliphatic rings. The van der Waals surface area contributed by atoms with Crippen LogP contribution in [0.1, 0.15) is 12.5 Å². The van der Waals surface area contributed by atoms with E-state index in [2.05, 4.69) is 11.1 Å². The van der Waals surface area contributed by atoms with E-state index in [1.54, 1.807) is 31.2 Å². The van der Waals surface area contributed by atoms with E-state index in [-0.39, 0.29) is 11.7 Å². The zero-order valence-corrected chi connectivity index (χ0v) is 13.4. The Morgan fingerprint density at radius 2 is 2.05 bits per heavy atom. The second-order valence-corrected chi connectivity index (χ2v) is 5.66. The van der Waals surface area contributed by atoms with Crippen LogP contribution in [-0.4, -0.2) is 23.3 Å². The van der Waals surface area contributed by atoms with Crippen molar-refractivity contribution in [1.29, 1.82) is 5.26 Å². The van der Waals surface area contributed by atoms with Gasteiger partial charge in [0.15, 0.2) is 0 Å². The van der Waals surface area contributed by atoms with Gasteiger partial charge in [0.2, 0.25) is 0 Å². The fraction of sp³-hybridized carbons (Fsp3) is 0.188. The maximum atomic E-state index is 11.4. The Morgan fingerprint density at radius 1 is 1.32 bits per heavy atom. The summed E-state index contributed by atoms with van der Waals surface area (Å²) in [5, 5.41) is 10.3. The van der Waals surface area contributed by atoms with E-state index in [9.17, 15) is 4.79 Å². The average Bonchev–Trinajstić information content (AvgIpc) is 2.53. The molecule has 0 bridgehead atoms. The number of aromatic nitrogens is 1. The van der Waals surface area contributed by atoms with Gasteiger partial charge in [-0.05, 0) is 31.2 Å². The van der Waals surface area contributed by atoms with Gasteiger partial charge in [0.05, 0.1) is 23.6 Å². The summed E-state index contributed by atoms with van der Waals surface area (Å²) < 4.78 is 4.88. The van der Waals surface area contributed by atoms with Gasteiger partial charge in [0.1, 0.15) is 11.1 Å². The van der Waals surface area contributed by atoms with Crippen molar-refractivity contribution in [3.63, 3.8) is 0 Å². The van der Waals surface area contributed by atoms with Crippen LogP contribution in [0, 0.1) is 11.3 Å². The number of halogens is 1. The summed E-state index contributed by atoms with van der Waals surface area (Å²) in [6, 6.07) is 12.8. The van der Waals surface area contributed by atoms with Crippen LogP contribution in [0.5, 0.6) is 0 Å². The van der Waals surface area contributed by atoms with E-state index in [0.29, 0.717) is 22.2 Å². The van der Waals surface area contributed by atoms with E-state index in [1.807, 2.05) is 12.1 Å². The number of hydrogen-bond donors (Lipinski definition) is 0. The molecule has 0 saturated carbocycles. The van der Waals surface area contributed by atoms with Crippen LogP contribution in [0.25, 0.3) is 11.3 Å². The molecule has 22 heavy (non-hydrogen) atoms. The Hall–Kier alpha value is -2.03. The van der Waals surface area contributed by atoms with Crippen LogP contribution in [0.15, 0.2) is 41.4 Å². The predicted octanol–water partition coefficient (Wildman–Crippen LogP) is 3.93. The second-order valence-electron chi connectivity index (χ2n) is 4.26. The van der Waals surface area contributed by atoms with E-state index in [0.717, 1.165) is 11.3 Å². The normalized spacial score (nSPS) is 10.0. The summed E-state index contributed by atoms with van der Waals surface area (Å²) in [6.45, 7) is 2.09. The first-order valence-corrected chi connectivity index (χ1v) is 7.96.